The van der Waals surface area contributed by atoms with Crippen LogP contribution in [0.5, 0.6) is 11.5 Å². The van der Waals surface area contributed by atoms with E-state index in [1.807, 2.05) is 30.3 Å². The predicted octanol–water partition coefficient (Wildman–Crippen LogP) is 3.11. The highest BCUT2D eigenvalue weighted by molar-refractivity contribution is 5.80. The molecule has 0 amide bonds. The number of ether oxygens (including phenoxy) is 2. The summed E-state index contributed by atoms with van der Waals surface area (Å²) in [5.41, 5.74) is 2.13. The second kappa shape index (κ2) is 8.03. The molecule has 0 spiro atoms. The molecule has 2 aromatic carbocycles. The van der Waals surface area contributed by atoms with Gasteiger partial charge in [0, 0.05) is 31.9 Å². The van der Waals surface area contributed by atoms with Gasteiger partial charge in [0.25, 0.3) is 0 Å². The molecule has 1 aliphatic heterocycles. The molecular formula is C21H23N3O3. The summed E-state index contributed by atoms with van der Waals surface area (Å²) in [7, 11) is 1.77. The Kier molecular flexibility index (Phi) is 5.14. The molecule has 0 saturated carbocycles. The van der Waals surface area contributed by atoms with E-state index >= 15 is 0 Å². The smallest absolute Gasteiger partial charge is 0.231 e. The zero-order valence-corrected chi connectivity index (χ0v) is 15.3. The number of aliphatic imine (C=N–C) groups is 1. The highest BCUT2D eigenvalue weighted by Gasteiger charge is 2.13. The number of rotatable bonds is 6. The molecule has 1 aromatic heterocycles. The molecule has 0 bridgehead atoms. The van der Waals surface area contributed by atoms with Gasteiger partial charge in [-0.3, -0.25) is 4.99 Å². The SMILES string of the molecule is CN=C(NCCc1ccc2c(c1)OCO2)NCCc1cc2ccccc2o1. The summed E-state index contributed by atoms with van der Waals surface area (Å²) in [5, 5.41) is 7.80. The van der Waals surface area contributed by atoms with Crippen LogP contribution in [0.15, 0.2) is 57.9 Å². The number of furan rings is 1. The first-order valence-electron chi connectivity index (χ1n) is 9.12. The molecule has 6 nitrogen and oxygen atoms in total. The fourth-order valence-electron chi connectivity index (χ4n) is 3.11. The van der Waals surface area contributed by atoms with Gasteiger partial charge in [-0.2, -0.15) is 0 Å². The zero-order valence-electron chi connectivity index (χ0n) is 15.3. The van der Waals surface area contributed by atoms with Gasteiger partial charge >= 0.3 is 0 Å². The first kappa shape index (κ1) is 17.3. The summed E-state index contributed by atoms with van der Waals surface area (Å²) in [6, 6.07) is 16.2. The molecule has 0 unspecified atom stereocenters. The molecule has 27 heavy (non-hydrogen) atoms. The van der Waals surface area contributed by atoms with Crippen LogP contribution in [0.4, 0.5) is 0 Å². The van der Waals surface area contributed by atoms with Crippen molar-refractivity contribution in [3.8, 4) is 11.5 Å². The monoisotopic (exact) mass is 365 g/mol. The third kappa shape index (κ3) is 4.16. The maximum Gasteiger partial charge on any atom is 0.231 e. The van der Waals surface area contributed by atoms with Crippen molar-refractivity contribution < 1.29 is 13.9 Å². The average Bonchev–Trinajstić information content (AvgIpc) is 3.32. The third-order valence-corrected chi connectivity index (χ3v) is 4.51. The first-order chi connectivity index (χ1) is 13.3. The van der Waals surface area contributed by atoms with E-state index in [4.69, 9.17) is 13.9 Å². The third-order valence-electron chi connectivity index (χ3n) is 4.51. The Morgan fingerprint density at radius 2 is 1.78 bits per heavy atom. The number of hydrogen-bond acceptors (Lipinski definition) is 4. The van der Waals surface area contributed by atoms with Crippen molar-refractivity contribution in [2.24, 2.45) is 4.99 Å². The van der Waals surface area contributed by atoms with Crippen LogP contribution in [0.2, 0.25) is 0 Å². The van der Waals surface area contributed by atoms with Gasteiger partial charge in [-0.15, -0.1) is 0 Å². The number of fused-ring (bicyclic) bond motifs is 2. The van der Waals surface area contributed by atoms with E-state index in [2.05, 4.69) is 33.8 Å². The van der Waals surface area contributed by atoms with Crippen molar-refractivity contribution in [2.75, 3.05) is 26.9 Å². The second-order valence-corrected chi connectivity index (χ2v) is 6.36. The average molecular weight is 365 g/mol. The fraction of sp³-hybridized carbons (Fsp3) is 0.286. The normalized spacial score (nSPS) is 13.1. The molecule has 1 aliphatic rings. The highest BCUT2D eigenvalue weighted by atomic mass is 16.7. The van der Waals surface area contributed by atoms with Gasteiger partial charge in [-0.1, -0.05) is 24.3 Å². The quantitative estimate of drug-likeness (QED) is 0.519. The molecule has 0 radical (unpaired) electrons. The first-order valence-corrected chi connectivity index (χ1v) is 9.12. The molecule has 4 rings (SSSR count). The van der Waals surface area contributed by atoms with Crippen molar-refractivity contribution in [3.63, 3.8) is 0 Å². The summed E-state index contributed by atoms with van der Waals surface area (Å²) in [5.74, 6) is 3.39. The number of para-hydroxylation sites is 1. The lowest BCUT2D eigenvalue weighted by Gasteiger charge is -2.11. The topological polar surface area (TPSA) is 68.0 Å². The summed E-state index contributed by atoms with van der Waals surface area (Å²) in [6.07, 6.45) is 1.68. The Morgan fingerprint density at radius 3 is 2.63 bits per heavy atom. The van der Waals surface area contributed by atoms with Crippen LogP contribution in [-0.4, -0.2) is 32.9 Å². The van der Waals surface area contributed by atoms with Crippen LogP contribution in [0.3, 0.4) is 0 Å². The van der Waals surface area contributed by atoms with Crippen molar-refractivity contribution in [2.45, 2.75) is 12.8 Å². The number of benzene rings is 2. The van der Waals surface area contributed by atoms with Gasteiger partial charge in [0.1, 0.15) is 11.3 Å². The van der Waals surface area contributed by atoms with Crippen molar-refractivity contribution >= 4 is 16.9 Å². The molecule has 2 N–H and O–H groups in total. The van der Waals surface area contributed by atoms with E-state index in [-0.39, 0.29) is 0 Å². The maximum atomic E-state index is 5.84. The Labute approximate surface area is 158 Å². The molecule has 2 heterocycles. The largest absolute Gasteiger partial charge is 0.461 e. The molecule has 6 heteroatoms. The Bertz CT molecular complexity index is 916. The van der Waals surface area contributed by atoms with Gasteiger partial charge in [-0.25, -0.2) is 0 Å². The van der Waals surface area contributed by atoms with Gasteiger partial charge in [0.15, 0.2) is 17.5 Å². The van der Waals surface area contributed by atoms with E-state index in [1.165, 1.54) is 5.56 Å². The van der Waals surface area contributed by atoms with Gasteiger partial charge in [0.05, 0.1) is 0 Å². The Hall–Kier alpha value is -3.15. The standard InChI is InChI=1S/C21H23N3O3/c1-22-21(23-10-8-15-6-7-19-20(12-15)26-14-25-19)24-11-9-17-13-16-4-2-3-5-18(16)27-17/h2-7,12-13H,8-11,14H2,1H3,(H2,22,23,24). The molecule has 0 aliphatic carbocycles. The van der Waals surface area contributed by atoms with Crippen LogP contribution in [0.1, 0.15) is 11.3 Å². The van der Waals surface area contributed by atoms with E-state index in [0.717, 1.165) is 60.1 Å². The van der Waals surface area contributed by atoms with Gasteiger partial charge in [-0.05, 0) is 36.2 Å². The van der Waals surface area contributed by atoms with Gasteiger partial charge < -0.3 is 24.5 Å². The summed E-state index contributed by atoms with van der Waals surface area (Å²) >= 11 is 0. The molecule has 3 aromatic rings. The molecule has 0 fully saturated rings. The maximum absolute atomic E-state index is 5.84. The summed E-state index contributed by atoms with van der Waals surface area (Å²) < 4.78 is 16.6. The van der Waals surface area contributed by atoms with Crippen LogP contribution < -0.4 is 20.1 Å². The lowest BCUT2D eigenvalue weighted by molar-refractivity contribution is 0.174. The summed E-state index contributed by atoms with van der Waals surface area (Å²) in [4.78, 5) is 4.27. The van der Waals surface area contributed by atoms with E-state index in [1.54, 1.807) is 7.05 Å². The molecular weight excluding hydrogens is 342 g/mol. The highest BCUT2D eigenvalue weighted by Crippen LogP contribution is 2.32. The molecule has 0 saturated heterocycles. The number of nitrogens with one attached hydrogen (secondary N) is 2. The number of guanidine groups is 1. The lowest BCUT2D eigenvalue weighted by Crippen LogP contribution is -2.39. The van der Waals surface area contributed by atoms with Crippen molar-refractivity contribution in [1.29, 1.82) is 0 Å². The molecule has 140 valence electrons. The minimum absolute atomic E-state index is 0.304. The van der Waals surface area contributed by atoms with E-state index in [9.17, 15) is 0 Å². The molecule has 0 atom stereocenters. The van der Waals surface area contributed by atoms with Crippen molar-refractivity contribution in [3.05, 3.63) is 59.9 Å². The minimum atomic E-state index is 0.304. The summed E-state index contributed by atoms with van der Waals surface area (Å²) in [6.45, 7) is 1.84. The van der Waals surface area contributed by atoms with Crippen molar-refractivity contribution in [1.82, 2.24) is 10.6 Å². The minimum Gasteiger partial charge on any atom is -0.461 e. The Morgan fingerprint density at radius 1 is 0.963 bits per heavy atom. The zero-order chi connectivity index (χ0) is 18.5. The second-order valence-electron chi connectivity index (χ2n) is 6.36. The van der Waals surface area contributed by atoms with E-state index < -0.39 is 0 Å². The van der Waals surface area contributed by atoms with Crippen LogP contribution in [-0.2, 0) is 12.8 Å². The lowest BCUT2D eigenvalue weighted by atomic mass is 10.1. The predicted molar refractivity (Wildman–Crippen MR) is 106 cm³/mol. The number of nitrogens with zero attached hydrogens (tertiary/aromatic N) is 1. The number of hydrogen-bond donors (Lipinski definition) is 2. The fourth-order valence-corrected chi connectivity index (χ4v) is 3.11. The van der Waals surface area contributed by atoms with E-state index in [0.29, 0.717) is 6.79 Å². The van der Waals surface area contributed by atoms with Crippen LogP contribution >= 0.6 is 0 Å². The van der Waals surface area contributed by atoms with Gasteiger partial charge in [0.2, 0.25) is 6.79 Å². The van der Waals surface area contributed by atoms with Crippen LogP contribution in [0.25, 0.3) is 11.0 Å². The van der Waals surface area contributed by atoms with Crippen LogP contribution in [0, 0.1) is 0 Å². The Balaban J connectivity index is 1.22.